The van der Waals surface area contributed by atoms with Crippen molar-refractivity contribution in [1.82, 2.24) is 10.3 Å². The van der Waals surface area contributed by atoms with Gasteiger partial charge in [0.1, 0.15) is 11.6 Å². The van der Waals surface area contributed by atoms with E-state index >= 15 is 0 Å². The molecule has 0 unspecified atom stereocenters. The minimum absolute atomic E-state index is 0.130. The third-order valence-corrected chi connectivity index (χ3v) is 4.85. The van der Waals surface area contributed by atoms with Crippen LogP contribution in [0.25, 0.3) is 0 Å². The van der Waals surface area contributed by atoms with Crippen LogP contribution in [0.1, 0.15) is 12.0 Å². The second kappa shape index (κ2) is 5.83. The average Bonchev–Trinajstić information content (AvgIpc) is 2.51. The highest BCUT2D eigenvalue weighted by Gasteiger charge is 2.21. The highest BCUT2D eigenvalue weighted by atomic mass is 32.2. The van der Waals surface area contributed by atoms with Crippen molar-refractivity contribution in [2.75, 3.05) is 36.5 Å². The Bertz CT molecular complexity index is 548. The monoisotopic (exact) mass is 287 g/mol. The average molecular weight is 287 g/mol. The van der Waals surface area contributed by atoms with Crippen LogP contribution >= 0.6 is 0 Å². The normalized spacial score (nSPS) is 19.2. The molecule has 0 aliphatic carbocycles. The number of hydrogen-bond donors (Lipinski definition) is 1. The van der Waals surface area contributed by atoms with Gasteiger partial charge in [-0.25, -0.2) is 17.8 Å². The molecule has 0 aromatic carbocycles. The highest BCUT2D eigenvalue weighted by Crippen LogP contribution is 2.20. The van der Waals surface area contributed by atoms with E-state index in [-0.39, 0.29) is 17.3 Å². The molecule has 2 heterocycles. The molecule has 7 heteroatoms. The van der Waals surface area contributed by atoms with E-state index < -0.39 is 9.84 Å². The Kier molecular flexibility index (Phi) is 4.36. The number of hydrogen-bond acceptors (Lipinski definition) is 5. The lowest BCUT2D eigenvalue weighted by Gasteiger charge is -2.23. The molecule has 106 valence electrons. The van der Waals surface area contributed by atoms with Gasteiger partial charge in [-0.3, -0.25) is 0 Å². The fourth-order valence-corrected chi connectivity index (χ4v) is 3.50. The van der Waals surface area contributed by atoms with E-state index in [4.69, 9.17) is 0 Å². The molecular formula is C12H18FN3O2S. The van der Waals surface area contributed by atoms with E-state index in [2.05, 4.69) is 10.3 Å². The molecule has 1 N–H and O–H groups in total. The van der Waals surface area contributed by atoms with Crippen LogP contribution in [0.4, 0.5) is 10.2 Å². The van der Waals surface area contributed by atoms with Gasteiger partial charge in [-0.2, -0.15) is 0 Å². The molecule has 19 heavy (non-hydrogen) atoms. The van der Waals surface area contributed by atoms with Crippen molar-refractivity contribution in [3.63, 3.8) is 0 Å². The Morgan fingerprint density at radius 2 is 2.21 bits per heavy atom. The summed E-state index contributed by atoms with van der Waals surface area (Å²) in [5.74, 6) is 0.640. The SMILES string of the molecule is CNCc1cc(F)cnc1N1CCCS(=O)(=O)CC1. The number of halogens is 1. The molecule has 0 radical (unpaired) electrons. The van der Waals surface area contributed by atoms with Crippen LogP contribution in [0.2, 0.25) is 0 Å². The smallest absolute Gasteiger partial charge is 0.152 e. The molecule has 0 amide bonds. The summed E-state index contributed by atoms with van der Waals surface area (Å²) in [7, 11) is -1.17. The van der Waals surface area contributed by atoms with Gasteiger partial charge in [0.05, 0.1) is 17.7 Å². The number of pyridine rings is 1. The van der Waals surface area contributed by atoms with Gasteiger partial charge < -0.3 is 10.2 Å². The summed E-state index contributed by atoms with van der Waals surface area (Å²) in [4.78, 5) is 6.05. The van der Waals surface area contributed by atoms with Gasteiger partial charge in [-0.05, 0) is 19.5 Å². The van der Waals surface area contributed by atoms with Gasteiger partial charge in [0.25, 0.3) is 0 Å². The molecule has 1 fully saturated rings. The molecule has 0 saturated carbocycles. The van der Waals surface area contributed by atoms with Crippen LogP contribution < -0.4 is 10.2 Å². The van der Waals surface area contributed by atoms with Crippen molar-refractivity contribution in [1.29, 1.82) is 0 Å². The zero-order valence-corrected chi connectivity index (χ0v) is 11.7. The summed E-state index contributed by atoms with van der Waals surface area (Å²) in [6.07, 6.45) is 1.76. The van der Waals surface area contributed by atoms with Crippen molar-refractivity contribution in [2.45, 2.75) is 13.0 Å². The van der Waals surface area contributed by atoms with Crippen LogP contribution in [0.5, 0.6) is 0 Å². The molecule has 0 bridgehead atoms. The zero-order chi connectivity index (χ0) is 13.9. The van der Waals surface area contributed by atoms with E-state index in [0.717, 1.165) is 5.56 Å². The Morgan fingerprint density at radius 1 is 1.42 bits per heavy atom. The summed E-state index contributed by atoms with van der Waals surface area (Å²) in [6, 6.07) is 1.44. The number of nitrogens with zero attached hydrogens (tertiary/aromatic N) is 2. The lowest BCUT2D eigenvalue weighted by atomic mass is 10.2. The third kappa shape index (κ3) is 3.63. The topological polar surface area (TPSA) is 62.3 Å². The molecule has 1 aromatic heterocycles. The Balaban J connectivity index is 2.25. The summed E-state index contributed by atoms with van der Waals surface area (Å²) in [5.41, 5.74) is 0.752. The van der Waals surface area contributed by atoms with Crippen LogP contribution in [-0.4, -0.2) is 45.0 Å². The molecular weight excluding hydrogens is 269 g/mol. The predicted molar refractivity (Wildman–Crippen MR) is 72.4 cm³/mol. The molecule has 5 nitrogen and oxygen atoms in total. The lowest BCUT2D eigenvalue weighted by Crippen LogP contribution is -2.29. The summed E-state index contributed by atoms with van der Waals surface area (Å²) < 4.78 is 36.4. The molecule has 1 aliphatic rings. The first-order chi connectivity index (χ1) is 9.02. The van der Waals surface area contributed by atoms with Gasteiger partial charge in [-0.1, -0.05) is 0 Å². The fourth-order valence-electron chi connectivity index (χ4n) is 2.23. The Labute approximate surface area is 112 Å². The fraction of sp³-hybridized carbons (Fsp3) is 0.583. The molecule has 0 atom stereocenters. The minimum Gasteiger partial charge on any atom is -0.355 e. The van der Waals surface area contributed by atoms with Crippen LogP contribution in [0.3, 0.4) is 0 Å². The standard InChI is InChI=1S/C12H18FN3O2S/c1-14-8-10-7-11(13)9-15-12(10)16-3-2-5-19(17,18)6-4-16/h7,9,14H,2-6,8H2,1H3. The summed E-state index contributed by atoms with van der Waals surface area (Å²) in [5, 5.41) is 2.97. The van der Waals surface area contributed by atoms with Crippen LogP contribution in [-0.2, 0) is 16.4 Å². The number of anilines is 1. The van der Waals surface area contributed by atoms with Gasteiger partial charge in [0, 0.05) is 25.2 Å². The predicted octanol–water partition coefficient (Wildman–Crippen LogP) is 0.565. The Morgan fingerprint density at radius 3 is 2.95 bits per heavy atom. The van der Waals surface area contributed by atoms with Crippen LogP contribution in [0.15, 0.2) is 12.3 Å². The maximum absolute atomic E-state index is 13.2. The van der Waals surface area contributed by atoms with Crippen molar-refractivity contribution in [3.8, 4) is 0 Å². The maximum Gasteiger partial charge on any atom is 0.152 e. The van der Waals surface area contributed by atoms with Gasteiger partial charge >= 0.3 is 0 Å². The number of nitrogens with one attached hydrogen (secondary N) is 1. The number of rotatable bonds is 3. The Hall–Kier alpha value is -1.21. The summed E-state index contributed by atoms with van der Waals surface area (Å²) >= 11 is 0. The van der Waals surface area contributed by atoms with Crippen molar-refractivity contribution in [2.24, 2.45) is 0 Å². The lowest BCUT2D eigenvalue weighted by molar-refractivity contribution is 0.597. The molecule has 2 rings (SSSR count). The van der Waals surface area contributed by atoms with Gasteiger partial charge in [0.15, 0.2) is 9.84 Å². The highest BCUT2D eigenvalue weighted by molar-refractivity contribution is 7.91. The first-order valence-corrected chi connectivity index (χ1v) is 8.08. The van der Waals surface area contributed by atoms with E-state index in [1.54, 1.807) is 7.05 Å². The van der Waals surface area contributed by atoms with Gasteiger partial charge in [-0.15, -0.1) is 0 Å². The minimum atomic E-state index is -2.95. The van der Waals surface area contributed by atoms with E-state index in [1.807, 2.05) is 4.90 Å². The summed E-state index contributed by atoms with van der Waals surface area (Å²) in [6.45, 7) is 1.55. The third-order valence-electron chi connectivity index (χ3n) is 3.13. The van der Waals surface area contributed by atoms with Gasteiger partial charge in [0.2, 0.25) is 0 Å². The zero-order valence-electron chi connectivity index (χ0n) is 10.9. The number of sulfone groups is 1. The van der Waals surface area contributed by atoms with Crippen molar-refractivity contribution >= 4 is 15.7 Å². The van der Waals surface area contributed by atoms with E-state index in [1.165, 1.54) is 12.3 Å². The second-order valence-corrected chi connectivity index (χ2v) is 6.96. The number of aromatic nitrogens is 1. The second-order valence-electron chi connectivity index (χ2n) is 4.66. The molecule has 1 aliphatic heterocycles. The maximum atomic E-state index is 13.2. The molecule has 0 spiro atoms. The first-order valence-electron chi connectivity index (χ1n) is 6.26. The largest absolute Gasteiger partial charge is 0.355 e. The quantitative estimate of drug-likeness (QED) is 0.880. The molecule has 1 aromatic rings. The first kappa shape index (κ1) is 14.2. The van der Waals surface area contributed by atoms with E-state index in [9.17, 15) is 12.8 Å². The molecule has 1 saturated heterocycles. The van der Waals surface area contributed by atoms with Crippen molar-refractivity contribution < 1.29 is 12.8 Å². The van der Waals surface area contributed by atoms with Crippen LogP contribution in [0, 0.1) is 5.82 Å². The van der Waals surface area contributed by atoms with Crippen molar-refractivity contribution in [3.05, 3.63) is 23.6 Å². The van der Waals surface area contributed by atoms with E-state index in [0.29, 0.717) is 31.9 Å².